The van der Waals surface area contributed by atoms with Crippen molar-refractivity contribution in [3.8, 4) is 0 Å². The Hall–Kier alpha value is -1.42. The number of pyridine rings is 1. The molecule has 4 nitrogen and oxygen atoms in total. The molecule has 0 aliphatic heterocycles. The monoisotopic (exact) mass is 221 g/mol. The number of hydrogen-bond acceptors (Lipinski definition) is 4. The molecule has 88 valence electrons. The van der Waals surface area contributed by atoms with E-state index in [0.29, 0.717) is 5.69 Å². The van der Waals surface area contributed by atoms with Gasteiger partial charge in [-0.3, -0.25) is 9.78 Å². The van der Waals surface area contributed by atoms with Gasteiger partial charge in [0, 0.05) is 30.1 Å². The van der Waals surface area contributed by atoms with Gasteiger partial charge in [0.1, 0.15) is 0 Å². The molecule has 0 fully saturated rings. The van der Waals surface area contributed by atoms with Crippen molar-refractivity contribution in [1.29, 1.82) is 0 Å². The zero-order valence-electron chi connectivity index (χ0n) is 9.81. The van der Waals surface area contributed by atoms with Gasteiger partial charge < -0.3 is 11.5 Å². The first kappa shape index (κ1) is 12.6. The molecule has 0 aliphatic rings. The average Bonchev–Trinajstić information content (AvgIpc) is 2.30. The lowest BCUT2D eigenvalue weighted by atomic mass is 9.93. The van der Waals surface area contributed by atoms with Crippen LogP contribution in [-0.4, -0.2) is 16.8 Å². The van der Waals surface area contributed by atoms with E-state index in [1.807, 2.05) is 13.8 Å². The Morgan fingerprint density at radius 1 is 1.56 bits per heavy atom. The number of anilines is 1. The maximum Gasteiger partial charge on any atom is 0.154 e. The lowest BCUT2D eigenvalue weighted by Gasteiger charge is -2.17. The summed E-state index contributed by atoms with van der Waals surface area (Å²) >= 11 is 0. The van der Waals surface area contributed by atoms with Crippen molar-refractivity contribution in [3.63, 3.8) is 0 Å². The highest BCUT2D eigenvalue weighted by Crippen LogP contribution is 2.13. The van der Waals surface area contributed by atoms with Crippen LogP contribution in [0, 0.1) is 5.92 Å². The highest BCUT2D eigenvalue weighted by atomic mass is 16.1. The summed E-state index contributed by atoms with van der Waals surface area (Å²) in [6, 6.07) is 1.28. The van der Waals surface area contributed by atoms with E-state index in [4.69, 9.17) is 11.5 Å². The van der Waals surface area contributed by atoms with Crippen LogP contribution in [0.4, 0.5) is 5.69 Å². The SMILES string of the molecule is CCC(C)C(N)C(=O)Cc1cnccc1N. The first-order chi connectivity index (χ1) is 7.56. The molecule has 0 aliphatic carbocycles. The number of hydrogen-bond donors (Lipinski definition) is 2. The number of Topliss-reactive ketones (excluding diaryl/α,β-unsaturated/α-hetero) is 1. The molecule has 0 saturated carbocycles. The Labute approximate surface area is 96.0 Å². The Bertz CT molecular complexity index is 365. The molecule has 4 N–H and O–H groups in total. The molecule has 2 unspecified atom stereocenters. The molecular formula is C12H19N3O. The normalized spacial score (nSPS) is 14.4. The van der Waals surface area contributed by atoms with Crippen LogP contribution in [-0.2, 0) is 11.2 Å². The predicted molar refractivity (Wildman–Crippen MR) is 64.8 cm³/mol. The molecule has 0 radical (unpaired) electrons. The van der Waals surface area contributed by atoms with Crippen LogP contribution in [0.1, 0.15) is 25.8 Å². The van der Waals surface area contributed by atoms with E-state index in [1.54, 1.807) is 18.5 Å². The second kappa shape index (κ2) is 5.61. The van der Waals surface area contributed by atoms with Gasteiger partial charge in [-0.25, -0.2) is 0 Å². The van der Waals surface area contributed by atoms with Crippen molar-refractivity contribution in [1.82, 2.24) is 4.98 Å². The smallest absolute Gasteiger partial charge is 0.154 e. The molecule has 1 aromatic rings. The Morgan fingerprint density at radius 2 is 2.25 bits per heavy atom. The maximum absolute atomic E-state index is 11.9. The summed E-state index contributed by atoms with van der Waals surface area (Å²) in [7, 11) is 0. The number of nitrogens with zero attached hydrogens (tertiary/aromatic N) is 1. The van der Waals surface area contributed by atoms with E-state index in [-0.39, 0.29) is 18.1 Å². The van der Waals surface area contributed by atoms with E-state index in [9.17, 15) is 4.79 Å². The number of nitrogen functional groups attached to an aromatic ring is 1. The number of aromatic nitrogens is 1. The van der Waals surface area contributed by atoms with Crippen molar-refractivity contribution in [2.24, 2.45) is 11.7 Å². The van der Waals surface area contributed by atoms with Crippen molar-refractivity contribution in [2.75, 3.05) is 5.73 Å². The summed E-state index contributed by atoms with van der Waals surface area (Å²) in [6.45, 7) is 4.01. The molecule has 0 spiro atoms. The van der Waals surface area contributed by atoms with Gasteiger partial charge in [-0.2, -0.15) is 0 Å². The van der Waals surface area contributed by atoms with Crippen LogP contribution < -0.4 is 11.5 Å². The van der Waals surface area contributed by atoms with Crippen molar-refractivity contribution < 1.29 is 4.79 Å². The van der Waals surface area contributed by atoms with Gasteiger partial charge in [0.05, 0.1) is 6.04 Å². The first-order valence-corrected chi connectivity index (χ1v) is 5.53. The molecule has 0 saturated heterocycles. The molecule has 1 rings (SSSR count). The third kappa shape index (κ3) is 3.03. The fraction of sp³-hybridized carbons (Fsp3) is 0.500. The standard InChI is InChI=1S/C12H19N3O/c1-3-8(2)12(14)11(16)6-9-7-15-5-4-10(9)13/h4-5,7-8,12H,3,6,14H2,1-2H3,(H2,13,15). The van der Waals surface area contributed by atoms with Gasteiger partial charge >= 0.3 is 0 Å². The van der Waals surface area contributed by atoms with Crippen LogP contribution in [0.15, 0.2) is 18.5 Å². The van der Waals surface area contributed by atoms with Crippen LogP contribution >= 0.6 is 0 Å². The number of carbonyl (C=O) groups is 1. The molecule has 2 atom stereocenters. The Kier molecular flexibility index (Phi) is 4.43. The molecule has 1 aromatic heterocycles. The van der Waals surface area contributed by atoms with Crippen LogP contribution in [0.5, 0.6) is 0 Å². The molecule has 0 amide bonds. The third-order valence-electron chi connectivity index (χ3n) is 2.93. The summed E-state index contributed by atoms with van der Waals surface area (Å²) in [4.78, 5) is 15.8. The lowest BCUT2D eigenvalue weighted by molar-refractivity contribution is -0.120. The molecule has 4 heteroatoms. The van der Waals surface area contributed by atoms with Gasteiger partial charge in [-0.05, 0) is 12.0 Å². The van der Waals surface area contributed by atoms with Crippen molar-refractivity contribution in [3.05, 3.63) is 24.0 Å². The van der Waals surface area contributed by atoms with E-state index in [2.05, 4.69) is 4.98 Å². The van der Waals surface area contributed by atoms with Crippen molar-refractivity contribution >= 4 is 11.5 Å². The number of nitrogens with two attached hydrogens (primary N) is 2. The fourth-order valence-corrected chi connectivity index (χ4v) is 1.46. The second-order valence-electron chi connectivity index (χ2n) is 4.13. The molecule has 16 heavy (non-hydrogen) atoms. The molecular weight excluding hydrogens is 202 g/mol. The summed E-state index contributed by atoms with van der Waals surface area (Å²) < 4.78 is 0. The Morgan fingerprint density at radius 3 is 2.81 bits per heavy atom. The predicted octanol–water partition coefficient (Wildman–Crippen LogP) is 1.15. The summed E-state index contributed by atoms with van der Waals surface area (Å²) in [6.07, 6.45) is 4.40. The minimum Gasteiger partial charge on any atom is -0.398 e. The fourth-order valence-electron chi connectivity index (χ4n) is 1.46. The van der Waals surface area contributed by atoms with E-state index in [1.165, 1.54) is 0 Å². The van der Waals surface area contributed by atoms with Gasteiger partial charge in [0.25, 0.3) is 0 Å². The highest BCUT2D eigenvalue weighted by Gasteiger charge is 2.20. The van der Waals surface area contributed by atoms with Crippen LogP contribution in [0.25, 0.3) is 0 Å². The van der Waals surface area contributed by atoms with Crippen LogP contribution in [0.2, 0.25) is 0 Å². The zero-order chi connectivity index (χ0) is 12.1. The van der Waals surface area contributed by atoms with Gasteiger partial charge in [-0.15, -0.1) is 0 Å². The minimum atomic E-state index is -0.412. The molecule has 0 aromatic carbocycles. The quantitative estimate of drug-likeness (QED) is 0.781. The molecule has 0 bridgehead atoms. The number of ketones is 1. The third-order valence-corrected chi connectivity index (χ3v) is 2.93. The second-order valence-corrected chi connectivity index (χ2v) is 4.13. The van der Waals surface area contributed by atoms with E-state index in [0.717, 1.165) is 12.0 Å². The lowest BCUT2D eigenvalue weighted by Crippen LogP contribution is -2.37. The van der Waals surface area contributed by atoms with Gasteiger partial charge in [0.2, 0.25) is 0 Å². The summed E-state index contributed by atoms with van der Waals surface area (Å²) in [5, 5.41) is 0. The average molecular weight is 221 g/mol. The maximum atomic E-state index is 11.9. The van der Waals surface area contributed by atoms with Crippen LogP contribution in [0.3, 0.4) is 0 Å². The largest absolute Gasteiger partial charge is 0.398 e. The highest BCUT2D eigenvalue weighted by molar-refractivity contribution is 5.87. The Balaban J connectivity index is 2.68. The molecule has 1 heterocycles. The van der Waals surface area contributed by atoms with E-state index >= 15 is 0 Å². The number of carbonyl (C=O) groups excluding carboxylic acids is 1. The summed E-state index contributed by atoms with van der Waals surface area (Å²) in [5.74, 6) is 0.222. The summed E-state index contributed by atoms with van der Waals surface area (Å²) in [5.41, 5.74) is 13.0. The van der Waals surface area contributed by atoms with Crippen molar-refractivity contribution in [2.45, 2.75) is 32.7 Å². The minimum absolute atomic E-state index is 0.0223. The van der Waals surface area contributed by atoms with Gasteiger partial charge in [0.15, 0.2) is 5.78 Å². The topological polar surface area (TPSA) is 82.0 Å². The first-order valence-electron chi connectivity index (χ1n) is 5.53. The zero-order valence-corrected chi connectivity index (χ0v) is 9.81. The van der Waals surface area contributed by atoms with E-state index < -0.39 is 6.04 Å². The number of rotatable bonds is 5. The van der Waals surface area contributed by atoms with Gasteiger partial charge in [-0.1, -0.05) is 20.3 Å².